The summed E-state index contributed by atoms with van der Waals surface area (Å²) in [4.78, 5) is 29.1. The van der Waals surface area contributed by atoms with Crippen LogP contribution in [0.2, 0.25) is 0 Å². The van der Waals surface area contributed by atoms with Crippen molar-refractivity contribution in [1.82, 2.24) is 13.6 Å². The van der Waals surface area contributed by atoms with Gasteiger partial charge in [-0.15, -0.1) is 4.37 Å². The zero-order chi connectivity index (χ0) is 25.2. The minimum absolute atomic E-state index is 0.0497. The fourth-order valence-electron chi connectivity index (χ4n) is 3.30. The van der Waals surface area contributed by atoms with E-state index in [9.17, 15) is 19.2 Å². The van der Waals surface area contributed by atoms with Gasteiger partial charge in [0.2, 0.25) is 11.3 Å². The van der Waals surface area contributed by atoms with E-state index in [1.165, 1.54) is 25.2 Å². The monoisotopic (exact) mass is 489 g/mol. The maximum Gasteiger partial charge on any atom is 0.323 e. The SMILES string of the molecule is Cc1cc([C@H](N=c2[nH][s+]([O-])nc2Nc2cccc(C(=O)N(C)CC(=O)O)c2O)C(C)C)oc1C. The summed E-state index contributed by atoms with van der Waals surface area (Å²) in [5.74, 6) is -0.640. The van der Waals surface area contributed by atoms with Crippen LogP contribution in [-0.2, 0) is 4.79 Å². The maximum absolute atomic E-state index is 12.6. The Morgan fingerprint density at radius 2 is 2.06 bits per heavy atom. The second kappa shape index (κ2) is 10.1. The number of hydrogen-bond donors (Lipinski definition) is 4. The Balaban J connectivity index is 1.98. The summed E-state index contributed by atoms with van der Waals surface area (Å²) < 4.78 is 24.7. The number of phenolic OH excluding ortho intramolecular Hbond substituents is 1. The standard InChI is InChI=1S/C22H27N5O6S/c1-11(2)18(16-9-12(3)13(4)33-16)24-21-20(25-34(32)26-21)23-15-8-6-7-14(19(15)30)22(31)27(5)10-17(28)29/h6-9,11,18,30H,10H2,1-5H3,(H,23,25)(H,24,26)(H,28,29)/t18-,34?/m1/s1. The third-order valence-electron chi connectivity index (χ3n) is 5.20. The highest BCUT2D eigenvalue weighted by Crippen LogP contribution is 2.31. The lowest BCUT2D eigenvalue weighted by atomic mass is 10.0. The van der Waals surface area contributed by atoms with Gasteiger partial charge in [0.1, 0.15) is 24.1 Å². The number of rotatable bonds is 8. The first-order valence-electron chi connectivity index (χ1n) is 10.5. The number of nitrogens with zero attached hydrogens (tertiary/aromatic N) is 3. The average molecular weight is 490 g/mol. The lowest BCUT2D eigenvalue weighted by Crippen LogP contribution is -2.32. The number of aromatic nitrogens is 2. The highest BCUT2D eigenvalue weighted by atomic mass is 32.2. The van der Waals surface area contributed by atoms with Crippen molar-refractivity contribution in [3.63, 3.8) is 0 Å². The molecule has 2 atom stereocenters. The van der Waals surface area contributed by atoms with Crippen LogP contribution in [0.5, 0.6) is 5.75 Å². The van der Waals surface area contributed by atoms with Crippen LogP contribution < -0.4 is 10.8 Å². The molecule has 182 valence electrons. The zero-order valence-corrected chi connectivity index (χ0v) is 20.3. The van der Waals surface area contributed by atoms with Gasteiger partial charge in [0.25, 0.3) is 5.91 Å². The smallest absolute Gasteiger partial charge is 0.323 e. The Labute approximate surface area is 198 Å². The van der Waals surface area contributed by atoms with Crippen LogP contribution in [0.3, 0.4) is 0 Å². The molecule has 3 rings (SSSR count). The number of carboxylic acids is 1. The Kier molecular flexibility index (Phi) is 7.42. The number of carbonyl (C=O) groups is 2. The molecule has 2 heterocycles. The summed E-state index contributed by atoms with van der Waals surface area (Å²) in [6, 6.07) is 5.92. The molecule has 0 aliphatic rings. The van der Waals surface area contributed by atoms with Gasteiger partial charge in [-0.05, 0) is 43.5 Å². The van der Waals surface area contributed by atoms with Crippen molar-refractivity contribution in [2.24, 2.45) is 10.9 Å². The van der Waals surface area contributed by atoms with E-state index >= 15 is 0 Å². The number of hydrogen-bond acceptors (Lipinski definition) is 8. The van der Waals surface area contributed by atoms with E-state index in [2.05, 4.69) is 19.1 Å². The van der Waals surface area contributed by atoms with Crippen molar-refractivity contribution >= 4 is 34.5 Å². The summed E-state index contributed by atoms with van der Waals surface area (Å²) in [6.45, 7) is 7.24. The maximum atomic E-state index is 12.6. The quantitative estimate of drug-likeness (QED) is 0.276. The number of H-pyrrole nitrogens is 1. The molecule has 0 aliphatic carbocycles. The van der Waals surface area contributed by atoms with Gasteiger partial charge in [-0.2, -0.15) is 0 Å². The van der Waals surface area contributed by atoms with Gasteiger partial charge < -0.3 is 29.4 Å². The van der Waals surface area contributed by atoms with Crippen molar-refractivity contribution in [2.75, 3.05) is 18.9 Å². The first kappa shape index (κ1) is 25.0. The molecule has 3 aromatic rings. The summed E-state index contributed by atoms with van der Waals surface area (Å²) >= 11 is -1.78. The third-order valence-corrected chi connectivity index (χ3v) is 5.91. The molecule has 0 aliphatic heterocycles. The van der Waals surface area contributed by atoms with E-state index in [1.807, 2.05) is 33.8 Å². The Hall–Kier alpha value is -3.64. The molecule has 0 bridgehead atoms. The van der Waals surface area contributed by atoms with Gasteiger partial charge in [-0.3, -0.25) is 9.59 Å². The van der Waals surface area contributed by atoms with Crippen molar-refractivity contribution in [3.8, 4) is 5.75 Å². The van der Waals surface area contributed by atoms with E-state index < -0.39 is 35.3 Å². The molecule has 1 aromatic carbocycles. The van der Waals surface area contributed by atoms with Gasteiger partial charge in [-0.25, -0.2) is 4.99 Å². The number of anilines is 2. The summed E-state index contributed by atoms with van der Waals surface area (Å²) in [6.07, 6.45) is 0. The van der Waals surface area contributed by atoms with Crippen LogP contribution in [0.1, 0.15) is 47.3 Å². The van der Waals surface area contributed by atoms with Crippen LogP contribution in [0.25, 0.3) is 0 Å². The molecule has 0 saturated heterocycles. The second-order valence-corrected chi connectivity index (χ2v) is 9.11. The molecule has 34 heavy (non-hydrogen) atoms. The Morgan fingerprint density at radius 1 is 1.35 bits per heavy atom. The van der Waals surface area contributed by atoms with Crippen LogP contribution in [0, 0.1) is 19.8 Å². The predicted molar refractivity (Wildman–Crippen MR) is 125 cm³/mol. The molecule has 0 fully saturated rings. The lowest BCUT2D eigenvalue weighted by molar-refractivity contribution is -0.137. The molecular formula is C22H27N5O6S. The number of aromatic hydroxyl groups is 1. The fourth-order valence-corrected chi connectivity index (χ4v) is 3.96. The third kappa shape index (κ3) is 5.46. The number of carboxylic acid groups (broad SMARTS) is 1. The van der Waals surface area contributed by atoms with Crippen molar-refractivity contribution in [3.05, 3.63) is 52.4 Å². The average Bonchev–Trinajstić information content (AvgIpc) is 3.27. The predicted octanol–water partition coefficient (Wildman–Crippen LogP) is 3.25. The molecule has 4 N–H and O–H groups in total. The highest BCUT2D eigenvalue weighted by molar-refractivity contribution is 7.13. The lowest BCUT2D eigenvalue weighted by Gasteiger charge is -2.16. The molecular weight excluding hydrogens is 462 g/mol. The summed E-state index contributed by atoms with van der Waals surface area (Å²) in [5, 5.41) is 22.5. The van der Waals surface area contributed by atoms with Crippen LogP contribution >= 0.6 is 11.1 Å². The number of para-hydroxylation sites is 1. The number of aromatic amines is 1. The molecule has 11 nitrogen and oxygen atoms in total. The van der Waals surface area contributed by atoms with Crippen LogP contribution in [0.4, 0.5) is 11.5 Å². The number of benzene rings is 1. The molecule has 12 heteroatoms. The van der Waals surface area contributed by atoms with E-state index in [1.54, 1.807) is 0 Å². The normalized spacial score (nSPS) is 13.3. The highest BCUT2D eigenvalue weighted by Gasteiger charge is 2.23. The molecule has 0 spiro atoms. The van der Waals surface area contributed by atoms with Gasteiger partial charge in [-0.1, -0.05) is 19.9 Å². The number of aryl methyl sites for hydroxylation is 2. The fraction of sp³-hybridized carbons (Fsp3) is 0.364. The molecule has 1 amide bonds. The van der Waals surface area contributed by atoms with E-state index in [0.717, 1.165) is 16.2 Å². The molecule has 1 unspecified atom stereocenters. The number of likely N-dealkylation sites (N-methyl/N-ethyl adjacent to an activating group) is 1. The zero-order valence-electron chi connectivity index (χ0n) is 19.4. The molecule has 2 aromatic heterocycles. The van der Waals surface area contributed by atoms with Gasteiger partial charge in [0, 0.05) is 11.4 Å². The minimum atomic E-state index is -1.78. The summed E-state index contributed by atoms with van der Waals surface area (Å²) in [7, 11) is 1.32. The van der Waals surface area contributed by atoms with E-state index in [0.29, 0.717) is 5.76 Å². The van der Waals surface area contributed by atoms with Crippen molar-refractivity contribution in [2.45, 2.75) is 33.7 Å². The number of furan rings is 1. The van der Waals surface area contributed by atoms with Crippen molar-refractivity contribution < 1.29 is 28.8 Å². The number of phenols is 1. The Morgan fingerprint density at radius 3 is 2.65 bits per heavy atom. The number of aliphatic carboxylic acids is 1. The van der Waals surface area contributed by atoms with Gasteiger partial charge >= 0.3 is 5.97 Å². The Bertz CT molecular complexity index is 1260. The topological polar surface area (TPSA) is 167 Å². The number of nitrogens with one attached hydrogen (secondary N) is 2. The van der Waals surface area contributed by atoms with Gasteiger partial charge in [0.05, 0.1) is 11.3 Å². The van der Waals surface area contributed by atoms with Gasteiger partial charge in [0.15, 0.2) is 16.9 Å². The van der Waals surface area contributed by atoms with E-state index in [-0.39, 0.29) is 34.5 Å². The van der Waals surface area contributed by atoms with Crippen molar-refractivity contribution in [1.29, 1.82) is 0 Å². The number of carbonyl (C=O) groups excluding carboxylic acids is 1. The largest absolute Gasteiger partial charge is 0.548 e. The summed E-state index contributed by atoms with van der Waals surface area (Å²) in [5.41, 5.74) is 1.23. The number of amides is 1. The van der Waals surface area contributed by atoms with Crippen LogP contribution in [-0.4, -0.2) is 53.9 Å². The second-order valence-electron chi connectivity index (χ2n) is 8.23. The first-order valence-corrected chi connectivity index (χ1v) is 11.6. The first-order chi connectivity index (χ1) is 16.0. The van der Waals surface area contributed by atoms with Crippen LogP contribution in [0.15, 0.2) is 33.7 Å². The minimum Gasteiger partial charge on any atom is -0.548 e. The molecule has 0 radical (unpaired) electrons. The molecule has 0 saturated carbocycles. The van der Waals surface area contributed by atoms with E-state index in [4.69, 9.17) is 9.52 Å².